The first kappa shape index (κ1) is 11.7. The minimum absolute atomic E-state index is 0.00769. The van der Waals surface area contributed by atoms with Gasteiger partial charge in [-0.3, -0.25) is 4.79 Å². The van der Waals surface area contributed by atoms with Crippen molar-refractivity contribution in [2.24, 2.45) is 0 Å². The predicted molar refractivity (Wildman–Crippen MR) is 85.2 cm³/mol. The molecule has 4 rings (SSSR count). The summed E-state index contributed by atoms with van der Waals surface area (Å²) in [6, 6.07) is 17.2. The van der Waals surface area contributed by atoms with Gasteiger partial charge in [0.2, 0.25) is 5.43 Å². The summed E-state index contributed by atoms with van der Waals surface area (Å²) in [4.78, 5) is 12.6. The SMILES string of the molecule is O=c1c2cc(Br)ccc2oc2c1ccc1ccccc12. The van der Waals surface area contributed by atoms with Crippen LogP contribution in [-0.2, 0) is 0 Å². The Morgan fingerprint density at radius 2 is 1.70 bits per heavy atom. The molecule has 0 N–H and O–H groups in total. The van der Waals surface area contributed by atoms with Crippen molar-refractivity contribution in [3.63, 3.8) is 0 Å². The average Bonchev–Trinajstić information content (AvgIpc) is 2.48. The summed E-state index contributed by atoms with van der Waals surface area (Å²) in [5, 5.41) is 3.25. The van der Waals surface area contributed by atoms with Crippen LogP contribution in [0.2, 0.25) is 0 Å². The molecule has 3 heteroatoms. The lowest BCUT2D eigenvalue weighted by Crippen LogP contribution is -2.02. The van der Waals surface area contributed by atoms with E-state index in [1.54, 1.807) is 6.07 Å². The lowest BCUT2D eigenvalue weighted by molar-refractivity contribution is 0.664. The van der Waals surface area contributed by atoms with E-state index < -0.39 is 0 Å². The molecule has 20 heavy (non-hydrogen) atoms. The molecule has 2 nitrogen and oxygen atoms in total. The fourth-order valence-electron chi connectivity index (χ4n) is 2.56. The van der Waals surface area contributed by atoms with Crippen LogP contribution in [0.15, 0.2) is 68.3 Å². The van der Waals surface area contributed by atoms with Gasteiger partial charge in [0.25, 0.3) is 0 Å². The maximum atomic E-state index is 12.6. The van der Waals surface area contributed by atoms with Crippen LogP contribution < -0.4 is 5.43 Å². The number of hydrogen-bond acceptors (Lipinski definition) is 2. The van der Waals surface area contributed by atoms with Crippen LogP contribution in [0.25, 0.3) is 32.7 Å². The van der Waals surface area contributed by atoms with Crippen molar-refractivity contribution in [2.45, 2.75) is 0 Å². The highest BCUT2D eigenvalue weighted by atomic mass is 79.9. The Hall–Kier alpha value is -2.13. The van der Waals surface area contributed by atoms with Crippen molar-refractivity contribution >= 4 is 48.6 Å². The Balaban J connectivity index is 2.31. The lowest BCUT2D eigenvalue weighted by Gasteiger charge is -2.05. The van der Waals surface area contributed by atoms with E-state index >= 15 is 0 Å². The van der Waals surface area contributed by atoms with Gasteiger partial charge in [0.15, 0.2) is 0 Å². The van der Waals surface area contributed by atoms with Crippen LogP contribution >= 0.6 is 15.9 Å². The molecule has 96 valence electrons. The summed E-state index contributed by atoms with van der Waals surface area (Å²) in [5.41, 5.74) is 1.28. The molecule has 1 heterocycles. The fraction of sp³-hybridized carbons (Fsp3) is 0. The topological polar surface area (TPSA) is 30.2 Å². The molecule has 0 amide bonds. The lowest BCUT2D eigenvalue weighted by atomic mass is 10.1. The second kappa shape index (κ2) is 4.18. The number of benzene rings is 3. The number of hydrogen-bond donors (Lipinski definition) is 0. The molecule has 0 unspecified atom stereocenters. The Kier molecular flexibility index (Phi) is 2.44. The zero-order valence-corrected chi connectivity index (χ0v) is 12.0. The van der Waals surface area contributed by atoms with Crippen LogP contribution in [-0.4, -0.2) is 0 Å². The van der Waals surface area contributed by atoms with Gasteiger partial charge in [0, 0.05) is 9.86 Å². The van der Waals surface area contributed by atoms with E-state index in [2.05, 4.69) is 15.9 Å². The van der Waals surface area contributed by atoms with Crippen molar-refractivity contribution in [3.8, 4) is 0 Å². The van der Waals surface area contributed by atoms with Gasteiger partial charge in [0.05, 0.1) is 10.8 Å². The third kappa shape index (κ3) is 1.60. The molecule has 0 fully saturated rings. The third-order valence-corrected chi connectivity index (χ3v) is 4.02. The minimum atomic E-state index is 0.00769. The van der Waals surface area contributed by atoms with Gasteiger partial charge >= 0.3 is 0 Å². The molecule has 0 spiro atoms. The van der Waals surface area contributed by atoms with Crippen LogP contribution in [0.5, 0.6) is 0 Å². The zero-order chi connectivity index (χ0) is 13.7. The Bertz CT molecular complexity index is 1030. The molecule has 0 saturated heterocycles. The van der Waals surface area contributed by atoms with Gasteiger partial charge in [-0.15, -0.1) is 0 Å². The van der Waals surface area contributed by atoms with Crippen molar-refractivity contribution in [2.75, 3.05) is 0 Å². The van der Waals surface area contributed by atoms with E-state index in [1.807, 2.05) is 48.5 Å². The van der Waals surface area contributed by atoms with Crippen molar-refractivity contribution in [1.29, 1.82) is 0 Å². The van der Waals surface area contributed by atoms with Crippen LogP contribution in [0, 0.1) is 0 Å². The van der Waals surface area contributed by atoms with Gasteiger partial charge in [-0.1, -0.05) is 46.3 Å². The third-order valence-electron chi connectivity index (χ3n) is 3.52. The summed E-state index contributed by atoms with van der Waals surface area (Å²) in [7, 11) is 0. The van der Waals surface area contributed by atoms with Crippen molar-refractivity contribution < 1.29 is 4.42 Å². The Morgan fingerprint density at radius 1 is 0.850 bits per heavy atom. The molecule has 0 bridgehead atoms. The normalized spacial score (nSPS) is 11.4. The van der Waals surface area contributed by atoms with Crippen LogP contribution in [0.4, 0.5) is 0 Å². The van der Waals surface area contributed by atoms with Crippen molar-refractivity contribution in [3.05, 3.63) is 69.3 Å². The number of halogens is 1. The monoisotopic (exact) mass is 324 g/mol. The first-order chi connectivity index (χ1) is 9.74. The highest BCUT2D eigenvalue weighted by Crippen LogP contribution is 2.27. The Morgan fingerprint density at radius 3 is 2.60 bits per heavy atom. The number of fused-ring (bicyclic) bond motifs is 4. The highest BCUT2D eigenvalue weighted by Gasteiger charge is 2.10. The van der Waals surface area contributed by atoms with E-state index in [0.29, 0.717) is 21.9 Å². The summed E-state index contributed by atoms with van der Waals surface area (Å²) >= 11 is 3.39. The van der Waals surface area contributed by atoms with Crippen LogP contribution in [0.1, 0.15) is 0 Å². The summed E-state index contributed by atoms with van der Waals surface area (Å²) in [6.45, 7) is 0. The van der Waals surface area contributed by atoms with Crippen molar-refractivity contribution in [1.82, 2.24) is 0 Å². The first-order valence-electron chi connectivity index (χ1n) is 6.28. The van der Waals surface area contributed by atoms with E-state index in [4.69, 9.17) is 4.42 Å². The molecule has 0 radical (unpaired) electrons. The molecule has 1 aromatic heterocycles. The van der Waals surface area contributed by atoms with E-state index in [1.165, 1.54) is 0 Å². The van der Waals surface area contributed by atoms with E-state index in [-0.39, 0.29) is 5.43 Å². The van der Waals surface area contributed by atoms with Gasteiger partial charge in [-0.2, -0.15) is 0 Å². The smallest absolute Gasteiger partial charge is 0.200 e. The molecule has 4 aromatic rings. The molecule has 0 aliphatic rings. The predicted octanol–water partition coefficient (Wildman–Crippen LogP) is 4.86. The summed E-state index contributed by atoms with van der Waals surface area (Å²) in [6.07, 6.45) is 0. The molecule has 0 atom stereocenters. The standard InChI is InChI=1S/C17H9BrO2/c18-11-6-8-15-14(9-11)16(19)13-7-5-10-3-1-2-4-12(10)17(13)20-15/h1-9H. The molecule has 0 aliphatic heterocycles. The quantitative estimate of drug-likeness (QED) is 0.341. The van der Waals surface area contributed by atoms with Gasteiger partial charge in [-0.05, 0) is 29.7 Å². The van der Waals surface area contributed by atoms with E-state index in [0.717, 1.165) is 15.2 Å². The highest BCUT2D eigenvalue weighted by molar-refractivity contribution is 9.10. The fourth-order valence-corrected chi connectivity index (χ4v) is 2.92. The molecular formula is C17H9BrO2. The number of rotatable bonds is 0. The second-order valence-corrected chi connectivity index (χ2v) is 5.65. The summed E-state index contributed by atoms with van der Waals surface area (Å²) < 4.78 is 6.85. The Labute approximate surface area is 122 Å². The van der Waals surface area contributed by atoms with Gasteiger partial charge in [-0.25, -0.2) is 0 Å². The average molecular weight is 325 g/mol. The van der Waals surface area contributed by atoms with Gasteiger partial charge in [0.1, 0.15) is 11.2 Å². The second-order valence-electron chi connectivity index (χ2n) is 4.74. The molecular weight excluding hydrogens is 316 g/mol. The first-order valence-corrected chi connectivity index (χ1v) is 7.07. The van der Waals surface area contributed by atoms with Gasteiger partial charge < -0.3 is 4.42 Å². The molecule has 0 aliphatic carbocycles. The largest absolute Gasteiger partial charge is 0.455 e. The molecule has 3 aromatic carbocycles. The van der Waals surface area contributed by atoms with Crippen LogP contribution in [0.3, 0.4) is 0 Å². The zero-order valence-electron chi connectivity index (χ0n) is 10.4. The summed E-state index contributed by atoms with van der Waals surface area (Å²) in [5.74, 6) is 0. The molecule has 0 saturated carbocycles. The minimum Gasteiger partial charge on any atom is -0.455 e. The van der Waals surface area contributed by atoms with E-state index in [9.17, 15) is 4.79 Å². The maximum Gasteiger partial charge on any atom is 0.200 e. The maximum absolute atomic E-state index is 12.6.